The van der Waals surface area contributed by atoms with Gasteiger partial charge in [-0.3, -0.25) is 4.79 Å². The Morgan fingerprint density at radius 3 is 2.58 bits per heavy atom. The lowest BCUT2D eigenvalue weighted by atomic mass is 10.0. The SMILES string of the molecule is C=CCC1(C(=O)OCC)Sc2ccccc2N(Cc2ccccc2)C1=O. The van der Waals surface area contributed by atoms with Crippen LogP contribution < -0.4 is 4.90 Å². The highest BCUT2D eigenvalue weighted by atomic mass is 32.2. The van der Waals surface area contributed by atoms with Gasteiger partial charge >= 0.3 is 5.97 Å². The second-order valence-electron chi connectivity index (χ2n) is 5.99. The minimum absolute atomic E-state index is 0.217. The van der Waals surface area contributed by atoms with Gasteiger partial charge in [-0.25, -0.2) is 4.79 Å². The van der Waals surface area contributed by atoms with Crippen molar-refractivity contribution < 1.29 is 14.3 Å². The van der Waals surface area contributed by atoms with Crippen LogP contribution in [0.4, 0.5) is 5.69 Å². The molecule has 4 nitrogen and oxygen atoms in total. The molecule has 1 amide bonds. The van der Waals surface area contributed by atoms with Crippen LogP contribution in [0.5, 0.6) is 0 Å². The number of hydrogen-bond donors (Lipinski definition) is 0. The minimum Gasteiger partial charge on any atom is -0.465 e. The summed E-state index contributed by atoms with van der Waals surface area (Å²) in [5.74, 6) is -0.772. The van der Waals surface area contributed by atoms with Crippen molar-refractivity contribution in [3.8, 4) is 0 Å². The number of hydrogen-bond acceptors (Lipinski definition) is 4. The van der Waals surface area contributed by atoms with Gasteiger partial charge in [0.15, 0.2) is 4.75 Å². The van der Waals surface area contributed by atoms with Crippen LogP contribution in [0.2, 0.25) is 0 Å². The van der Waals surface area contributed by atoms with Crippen LogP contribution in [-0.4, -0.2) is 23.2 Å². The normalized spacial score (nSPS) is 19.0. The topological polar surface area (TPSA) is 46.6 Å². The molecule has 3 rings (SSSR count). The Morgan fingerprint density at radius 1 is 1.19 bits per heavy atom. The molecule has 2 aromatic carbocycles. The van der Waals surface area contributed by atoms with E-state index < -0.39 is 10.7 Å². The van der Waals surface area contributed by atoms with Crippen molar-refractivity contribution in [2.45, 2.75) is 29.5 Å². The summed E-state index contributed by atoms with van der Waals surface area (Å²) in [5, 5.41) is 0. The van der Waals surface area contributed by atoms with E-state index in [0.717, 1.165) is 16.1 Å². The highest BCUT2D eigenvalue weighted by Crippen LogP contribution is 2.48. The molecule has 1 atom stereocenters. The third-order valence-electron chi connectivity index (χ3n) is 4.25. The van der Waals surface area contributed by atoms with Gasteiger partial charge in [-0.1, -0.05) is 60.3 Å². The molecule has 0 aromatic heterocycles. The smallest absolute Gasteiger partial charge is 0.332 e. The van der Waals surface area contributed by atoms with E-state index in [2.05, 4.69) is 6.58 Å². The van der Waals surface area contributed by atoms with Gasteiger partial charge in [0.1, 0.15) is 0 Å². The molecule has 0 bridgehead atoms. The molecule has 0 fully saturated rings. The zero-order valence-electron chi connectivity index (χ0n) is 14.7. The highest BCUT2D eigenvalue weighted by Gasteiger charge is 2.53. The van der Waals surface area contributed by atoms with Crippen LogP contribution in [0.25, 0.3) is 0 Å². The molecule has 0 spiro atoms. The van der Waals surface area contributed by atoms with Crippen LogP contribution in [0.3, 0.4) is 0 Å². The number of rotatable bonds is 6. The van der Waals surface area contributed by atoms with Crippen molar-refractivity contribution >= 4 is 29.3 Å². The Bertz CT molecular complexity index is 821. The average Bonchev–Trinajstić information content (AvgIpc) is 2.66. The number of carbonyl (C=O) groups excluding carboxylic acids is 2. The number of thioether (sulfide) groups is 1. The number of para-hydroxylation sites is 1. The summed E-state index contributed by atoms with van der Waals surface area (Å²) in [5.41, 5.74) is 1.81. The van der Waals surface area contributed by atoms with Crippen LogP contribution in [0, 0.1) is 0 Å². The third kappa shape index (κ3) is 3.27. The lowest BCUT2D eigenvalue weighted by Gasteiger charge is -2.39. The lowest BCUT2D eigenvalue weighted by molar-refractivity contribution is -0.149. The maximum atomic E-state index is 13.5. The van der Waals surface area contributed by atoms with E-state index in [-0.39, 0.29) is 18.9 Å². The average molecular weight is 367 g/mol. The monoisotopic (exact) mass is 367 g/mol. The summed E-state index contributed by atoms with van der Waals surface area (Å²) >= 11 is 1.26. The highest BCUT2D eigenvalue weighted by molar-refractivity contribution is 8.02. The molecular formula is C21H21NO3S. The second kappa shape index (κ2) is 7.79. The number of anilines is 1. The van der Waals surface area contributed by atoms with E-state index in [0.29, 0.717) is 6.54 Å². The van der Waals surface area contributed by atoms with Gasteiger partial charge in [-0.2, -0.15) is 0 Å². The maximum absolute atomic E-state index is 13.5. The number of esters is 1. The number of fused-ring (bicyclic) bond motifs is 1. The van der Waals surface area contributed by atoms with Crippen LogP contribution in [0.1, 0.15) is 18.9 Å². The first kappa shape index (κ1) is 18.3. The van der Waals surface area contributed by atoms with Crippen LogP contribution >= 0.6 is 11.8 Å². The van der Waals surface area contributed by atoms with Crippen molar-refractivity contribution in [2.24, 2.45) is 0 Å². The standard InChI is InChI=1S/C21H21NO3S/c1-3-14-21(20(24)25-4-2)19(23)22(15-16-10-6-5-7-11-16)17-12-8-9-13-18(17)26-21/h3,5-13H,1,4,14-15H2,2H3. The summed E-state index contributed by atoms with van der Waals surface area (Å²) in [6.07, 6.45) is 1.82. The number of nitrogens with zero attached hydrogens (tertiary/aromatic N) is 1. The Labute approximate surface area is 157 Å². The molecule has 0 radical (unpaired) electrons. The number of benzene rings is 2. The van der Waals surface area contributed by atoms with Gasteiger partial charge in [0.25, 0.3) is 5.91 Å². The van der Waals surface area contributed by atoms with Gasteiger partial charge in [-0.05, 0) is 31.0 Å². The Hall–Kier alpha value is -2.53. The number of allylic oxidation sites excluding steroid dienone is 1. The molecule has 1 heterocycles. The molecule has 5 heteroatoms. The van der Waals surface area contributed by atoms with Crippen LogP contribution in [0.15, 0.2) is 72.1 Å². The quantitative estimate of drug-likeness (QED) is 0.436. The Kier molecular flexibility index (Phi) is 5.47. The van der Waals surface area contributed by atoms with E-state index in [9.17, 15) is 9.59 Å². The molecule has 0 N–H and O–H groups in total. The molecule has 0 saturated heterocycles. The fraction of sp³-hybridized carbons (Fsp3) is 0.238. The van der Waals surface area contributed by atoms with Crippen molar-refractivity contribution in [1.29, 1.82) is 0 Å². The van der Waals surface area contributed by atoms with E-state index in [1.807, 2.05) is 54.6 Å². The van der Waals surface area contributed by atoms with Crippen molar-refractivity contribution in [2.75, 3.05) is 11.5 Å². The summed E-state index contributed by atoms with van der Waals surface area (Å²) in [6, 6.07) is 17.4. The number of amides is 1. The predicted octanol–water partition coefficient (Wildman–Crippen LogP) is 4.20. The Morgan fingerprint density at radius 2 is 1.88 bits per heavy atom. The number of ether oxygens (including phenoxy) is 1. The summed E-state index contributed by atoms with van der Waals surface area (Å²) < 4.78 is 3.93. The second-order valence-corrected chi connectivity index (χ2v) is 7.33. The first-order valence-electron chi connectivity index (χ1n) is 8.54. The summed E-state index contributed by atoms with van der Waals surface area (Å²) in [4.78, 5) is 28.8. The molecule has 1 unspecified atom stereocenters. The molecule has 0 saturated carbocycles. The van der Waals surface area contributed by atoms with Gasteiger partial charge in [0, 0.05) is 4.90 Å². The van der Waals surface area contributed by atoms with Crippen LogP contribution in [-0.2, 0) is 20.9 Å². The lowest BCUT2D eigenvalue weighted by Crippen LogP contribution is -2.54. The van der Waals surface area contributed by atoms with E-state index in [4.69, 9.17) is 4.74 Å². The van der Waals surface area contributed by atoms with E-state index in [1.54, 1.807) is 17.9 Å². The molecule has 1 aliphatic heterocycles. The fourth-order valence-corrected chi connectivity index (χ4v) is 4.39. The molecule has 2 aromatic rings. The first-order valence-corrected chi connectivity index (χ1v) is 9.36. The summed E-state index contributed by atoms with van der Waals surface area (Å²) in [6.45, 7) is 6.12. The molecule has 0 aliphatic carbocycles. The maximum Gasteiger partial charge on any atom is 0.332 e. The molecule has 26 heavy (non-hydrogen) atoms. The first-order chi connectivity index (χ1) is 12.6. The predicted molar refractivity (Wildman–Crippen MR) is 104 cm³/mol. The van der Waals surface area contributed by atoms with Gasteiger partial charge < -0.3 is 9.64 Å². The summed E-state index contributed by atoms with van der Waals surface area (Å²) in [7, 11) is 0. The van der Waals surface area contributed by atoms with Gasteiger partial charge in [0.05, 0.1) is 18.8 Å². The minimum atomic E-state index is -1.33. The molecule has 1 aliphatic rings. The van der Waals surface area contributed by atoms with E-state index in [1.165, 1.54) is 11.8 Å². The Balaban J connectivity index is 2.08. The third-order valence-corrected chi connectivity index (χ3v) is 5.67. The number of carbonyl (C=O) groups is 2. The van der Waals surface area contributed by atoms with E-state index >= 15 is 0 Å². The molecule has 134 valence electrons. The zero-order valence-corrected chi connectivity index (χ0v) is 15.5. The molecular weight excluding hydrogens is 346 g/mol. The van der Waals surface area contributed by atoms with Crippen molar-refractivity contribution in [3.05, 3.63) is 72.8 Å². The van der Waals surface area contributed by atoms with Crippen molar-refractivity contribution in [1.82, 2.24) is 0 Å². The van der Waals surface area contributed by atoms with Gasteiger partial charge in [-0.15, -0.1) is 6.58 Å². The zero-order chi connectivity index (χ0) is 18.6. The van der Waals surface area contributed by atoms with Crippen molar-refractivity contribution in [3.63, 3.8) is 0 Å². The largest absolute Gasteiger partial charge is 0.465 e. The fourth-order valence-electron chi connectivity index (χ4n) is 3.04. The van der Waals surface area contributed by atoms with Gasteiger partial charge in [0.2, 0.25) is 0 Å².